The molecule has 0 unspecified atom stereocenters. The summed E-state index contributed by atoms with van der Waals surface area (Å²) in [6.45, 7) is 1.80. The third-order valence-corrected chi connectivity index (χ3v) is 3.67. The lowest BCUT2D eigenvalue weighted by molar-refractivity contribution is 0.609. The van der Waals surface area contributed by atoms with Gasteiger partial charge in [-0.05, 0) is 40.5 Å². The van der Waals surface area contributed by atoms with E-state index in [9.17, 15) is 8.42 Å². The lowest BCUT2D eigenvalue weighted by Crippen LogP contribution is -1.92. The molecule has 0 N–H and O–H groups in total. The largest absolute Gasteiger partial charge is 0.262 e. The van der Waals surface area contributed by atoms with Crippen LogP contribution in [0.2, 0.25) is 0 Å². The molecule has 12 heavy (non-hydrogen) atoms. The summed E-state index contributed by atoms with van der Waals surface area (Å²) >= 11 is 3.10. The molecule has 0 heterocycles. The van der Waals surface area contributed by atoms with Crippen LogP contribution in [0, 0.1) is 6.92 Å². The zero-order valence-electron chi connectivity index (χ0n) is 6.21. The van der Waals surface area contributed by atoms with Crippen LogP contribution in [0.1, 0.15) is 5.56 Å². The van der Waals surface area contributed by atoms with E-state index in [2.05, 4.69) is 15.9 Å². The van der Waals surface area contributed by atoms with Gasteiger partial charge in [0.15, 0.2) is 0 Å². The molecule has 0 aliphatic rings. The first-order valence-corrected chi connectivity index (χ1v) is 6.22. The van der Waals surface area contributed by atoms with Crippen LogP contribution >= 0.6 is 26.6 Å². The molecule has 0 aliphatic heterocycles. The van der Waals surface area contributed by atoms with Crippen molar-refractivity contribution in [1.82, 2.24) is 0 Å². The molecule has 0 amide bonds. The molecule has 0 aromatic heterocycles. The molecule has 0 saturated heterocycles. The van der Waals surface area contributed by atoms with Crippen molar-refractivity contribution in [2.75, 3.05) is 0 Å². The molecular formula is C7H6BrClO2S. The third kappa shape index (κ3) is 2.21. The van der Waals surface area contributed by atoms with Crippen LogP contribution < -0.4 is 0 Å². The number of aryl methyl sites for hydroxylation is 1. The summed E-state index contributed by atoms with van der Waals surface area (Å²) in [5.74, 6) is 0. The topological polar surface area (TPSA) is 34.1 Å². The number of rotatable bonds is 1. The number of hydrogen-bond acceptors (Lipinski definition) is 2. The summed E-state index contributed by atoms with van der Waals surface area (Å²) in [4.78, 5) is 0.115. The Bertz CT molecular complexity index is 400. The maximum Gasteiger partial charge on any atom is 0.262 e. The summed E-state index contributed by atoms with van der Waals surface area (Å²) in [6, 6.07) is 4.98. The first-order valence-electron chi connectivity index (χ1n) is 3.12. The van der Waals surface area contributed by atoms with Crippen LogP contribution in [0.5, 0.6) is 0 Å². The van der Waals surface area contributed by atoms with Gasteiger partial charge < -0.3 is 0 Å². The van der Waals surface area contributed by atoms with Gasteiger partial charge in [0.2, 0.25) is 0 Å². The minimum atomic E-state index is -3.63. The molecule has 0 spiro atoms. The second-order valence-electron chi connectivity index (χ2n) is 2.37. The number of benzene rings is 1. The van der Waals surface area contributed by atoms with Gasteiger partial charge in [-0.2, -0.15) is 0 Å². The summed E-state index contributed by atoms with van der Waals surface area (Å²) in [5, 5.41) is 0. The van der Waals surface area contributed by atoms with Crippen LogP contribution in [-0.2, 0) is 9.05 Å². The van der Waals surface area contributed by atoms with Crippen molar-refractivity contribution in [2.24, 2.45) is 0 Å². The van der Waals surface area contributed by atoms with Gasteiger partial charge in [-0.3, -0.25) is 0 Å². The highest BCUT2D eigenvalue weighted by atomic mass is 79.9. The predicted octanol–water partition coefficient (Wildman–Crippen LogP) is 2.69. The molecular weight excluding hydrogens is 263 g/mol. The Morgan fingerprint density at radius 3 is 2.42 bits per heavy atom. The SMILES string of the molecule is Cc1ccc(Br)c(S(=O)(=O)Cl)c1. The maximum atomic E-state index is 10.9. The summed E-state index contributed by atoms with van der Waals surface area (Å²) in [6.07, 6.45) is 0. The van der Waals surface area contributed by atoms with Crippen LogP contribution in [0.4, 0.5) is 0 Å². The van der Waals surface area contributed by atoms with E-state index < -0.39 is 9.05 Å². The van der Waals surface area contributed by atoms with E-state index in [0.29, 0.717) is 4.47 Å². The smallest absolute Gasteiger partial charge is 0.207 e. The molecule has 1 rings (SSSR count). The van der Waals surface area contributed by atoms with E-state index in [1.807, 2.05) is 0 Å². The van der Waals surface area contributed by atoms with Crippen molar-refractivity contribution in [3.8, 4) is 0 Å². The second-order valence-corrected chi connectivity index (χ2v) is 5.76. The zero-order valence-corrected chi connectivity index (χ0v) is 9.37. The summed E-state index contributed by atoms with van der Waals surface area (Å²) in [7, 11) is 1.55. The predicted molar refractivity (Wildman–Crippen MR) is 51.9 cm³/mol. The van der Waals surface area contributed by atoms with Gasteiger partial charge in [-0.25, -0.2) is 8.42 Å². The molecule has 0 radical (unpaired) electrons. The van der Waals surface area contributed by atoms with Gasteiger partial charge in [-0.1, -0.05) is 6.07 Å². The average Bonchev–Trinajstić information content (AvgIpc) is 1.92. The summed E-state index contributed by atoms with van der Waals surface area (Å²) < 4.78 is 22.4. The molecule has 1 aromatic carbocycles. The molecule has 0 saturated carbocycles. The zero-order chi connectivity index (χ0) is 9.35. The Hall–Kier alpha value is -0.0600. The third-order valence-electron chi connectivity index (χ3n) is 1.35. The highest BCUT2D eigenvalue weighted by molar-refractivity contribution is 9.10. The molecule has 0 aliphatic carbocycles. The van der Waals surface area contributed by atoms with E-state index in [1.54, 1.807) is 19.1 Å². The van der Waals surface area contributed by atoms with Gasteiger partial charge >= 0.3 is 0 Å². The Labute approximate surface area is 84.1 Å². The Kier molecular flexibility index (Phi) is 2.81. The van der Waals surface area contributed by atoms with Crippen molar-refractivity contribution in [1.29, 1.82) is 0 Å². The molecule has 5 heteroatoms. The molecule has 0 bridgehead atoms. The fourth-order valence-electron chi connectivity index (χ4n) is 0.797. The van der Waals surface area contributed by atoms with Crippen molar-refractivity contribution in [3.63, 3.8) is 0 Å². The van der Waals surface area contributed by atoms with Gasteiger partial charge in [0, 0.05) is 15.2 Å². The molecule has 0 fully saturated rings. The van der Waals surface area contributed by atoms with Gasteiger partial charge in [0.05, 0.1) is 4.90 Å². The van der Waals surface area contributed by atoms with E-state index in [4.69, 9.17) is 10.7 Å². The molecule has 0 atom stereocenters. The first kappa shape index (κ1) is 10.0. The number of hydrogen-bond donors (Lipinski definition) is 0. The van der Waals surface area contributed by atoms with E-state index >= 15 is 0 Å². The summed E-state index contributed by atoms with van der Waals surface area (Å²) in [5.41, 5.74) is 0.859. The number of halogens is 2. The van der Waals surface area contributed by atoms with Gasteiger partial charge in [0.25, 0.3) is 9.05 Å². The average molecular weight is 270 g/mol. The maximum absolute atomic E-state index is 10.9. The van der Waals surface area contributed by atoms with Crippen molar-refractivity contribution in [3.05, 3.63) is 28.2 Å². The van der Waals surface area contributed by atoms with Gasteiger partial charge in [-0.15, -0.1) is 0 Å². The monoisotopic (exact) mass is 268 g/mol. The van der Waals surface area contributed by atoms with Crippen LogP contribution in [-0.4, -0.2) is 8.42 Å². The fraction of sp³-hybridized carbons (Fsp3) is 0.143. The molecule has 1 aromatic rings. The Morgan fingerprint density at radius 2 is 2.00 bits per heavy atom. The van der Waals surface area contributed by atoms with E-state index in [-0.39, 0.29) is 4.90 Å². The molecule has 66 valence electrons. The van der Waals surface area contributed by atoms with Gasteiger partial charge in [0.1, 0.15) is 0 Å². The van der Waals surface area contributed by atoms with E-state index in [0.717, 1.165) is 5.56 Å². The van der Waals surface area contributed by atoms with Crippen molar-refractivity contribution in [2.45, 2.75) is 11.8 Å². The normalized spacial score (nSPS) is 11.6. The Morgan fingerprint density at radius 1 is 1.42 bits per heavy atom. The Balaban J connectivity index is 3.43. The molecule has 2 nitrogen and oxygen atoms in total. The van der Waals surface area contributed by atoms with Crippen molar-refractivity contribution < 1.29 is 8.42 Å². The van der Waals surface area contributed by atoms with Crippen LogP contribution in [0.15, 0.2) is 27.6 Å². The highest BCUT2D eigenvalue weighted by Crippen LogP contribution is 2.25. The van der Waals surface area contributed by atoms with Crippen LogP contribution in [0.25, 0.3) is 0 Å². The fourth-order valence-corrected chi connectivity index (χ4v) is 2.97. The standard InChI is InChI=1S/C7H6BrClO2S/c1-5-2-3-6(8)7(4-5)12(9,10)11/h2-4H,1H3. The van der Waals surface area contributed by atoms with E-state index in [1.165, 1.54) is 6.07 Å². The minimum absolute atomic E-state index is 0.115. The lowest BCUT2D eigenvalue weighted by atomic mass is 10.2. The van der Waals surface area contributed by atoms with Crippen LogP contribution in [0.3, 0.4) is 0 Å². The second kappa shape index (κ2) is 3.36. The minimum Gasteiger partial charge on any atom is -0.207 e. The highest BCUT2D eigenvalue weighted by Gasteiger charge is 2.13. The lowest BCUT2D eigenvalue weighted by Gasteiger charge is -2.00. The first-order chi connectivity index (χ1) is 5.41. The quantitative estimate of drug-likeness (QED) is 0.735. The van der Waals surface area contributed by atoms with Crippen molar-refractivity contribution >= 4 is 35.7 Å².